The Bertz CT molecular complexity index is 843. The Balaban J connectivity index is 1.97. The minimum atomic E-state index is -0.213. The van der Waals surface area contributed by atoms with Crippen LogP contribution in [0.25, 0.3) is 0 Å². The topological polar surface area (TPSA) is 108 Å². The maximum absolute atomic E-state index is 12.1. The van der Waals surface area contributed by atoms with E-state index in [1.165, 1.54) is 18.7 Å². The van der Waals surface area contributed by atoms with E-state index in [1.807, 2.05) is 0 Å². The first-order chi connectivity index (χ1) is 11.9. The molecule has 8 heteroatoms. The molecule has 0 aliphatic rings. The number of nitriles is 1. The molecule has 2 N–H and O–H groups in total. The summed E-state index contributed by atoms with van der Waals surface area (Å²) < 4.78 is 0. The Morgan fingerprint density at radius 1 is 1.12 bits per heavy atom. The van der Waals surface area contributed by atoms with Crippen LogP contribution in [0.5, 0.6) is 0 Å². The van der Waals surface area contributed by atoms with Crippen LogP contribution in [0, 0.1) is 25.2 Å². The van der Waals surface area contributed by atoms with E-state index in [-0.39, 0.29) is 17.6 Å². The van der Waals surface area contributed by atoms with Crippen molar-refractivity contribution < 1.29 is 9.59 Å². The summed E-state index contributed by atoms with van der Waals surface area (Å²) in [7, 11) is 0. The Morgan fingerprint density at radius 3 is 2.28 bits per heavy atom. The number of nitrogens with zero attached hydrogens (tertiary/aromatic N) is 3. The second-order valence-electron chi connectivity index (χ2n) is 5.24. The number of benzene rings is 1. The molecular formula is C17H17N5O2S. The van der Waals surface area contributed by atoms with Crippen LogP contribution in [0.15, 0.2) is 29.3 Å². The SMILES string of the molecule is CC(=O)Nc1ccc(NC(=O)CSc2nc(C)nc(C)c2C#N)cc1. The van der Waals surface area contributed by atoms with Gasteiger partial charge in [0.1, 0.15) is 22.5 Å². The van der Waals surface area contributed by atoms with E-state index in [0.717, 1.165) is 0 Å². The molecule has 2 amide bonds. The zero-order valence-corrected chi connectivity index (χ0v) is 14.9. The summed E-state index contributed by atoms with van der Waals surface area (Å²) in [6, 6.07) is 8.88. The van der Waals surface area contributed by atoms with E-state index >= 15 is 0 Å². The monoisotopic (exact) mass is 355 g/mol. The van der Waals surface area contributed by atoms with Gasteiger partial charge in [0, 0.05) is 18.3 Å². The normalized spacial score (nSPS) is 10.0. The lowest BCUT2D eigenvalue weighted by atomic mass is 10.2. The molecule has 2 aromatic rings. The summed E-state index contributed by atoms with van der Waals surface area (Å²) in [6.07, 6.45) is 0. The largest absolute Gasteiger partial charge is 0.326 e. The number of carbonyl (C=O) groups excluding carboxylic acids is 2. The van der Waals surface area contributed by atoms with Gasteiger partial charge in [-0.05, 0) is 38.1 Å². The van der Waals surface area contributed by atoms with E-state index in [2.05, 4.69) is 26.7 Å². The Morgan fingerprint density at radius 2 is 1.72 bits per heavy atom. The summed E-state index contributed by atoms with van der Waals surface area (Å²) >= 11 is 1.20. The molecule has 0 spiro atoms. The van der Waals surface area contributed by atoms with Crippen LogP contribution in [-0.2, 0) is 9.59 Å². The number of carbonyl (C=O) groups is 2. The molecule has 0 saturated heterocycles. The number of thioether (sulfide) groups is 1. The first-order valence-corrected chi connectivity index (χ1v) is 8.43. The van der Waals surface area contributed by atoms with Crippen LogP contribution in [0.1, 0.15) is 24.0 Å². The molecule has 0 fully saturated rings. The molecule has 128 valence electrons. The molecular weight excluding hydrogens is 338 g/mol. The van der Waals surface area contributed by atoms with Crippen LogP contribution in [0.3, 0.4) is 0 Å². The van der Waals surface area contributed by atoms with Crippen molar-refractivity contribution in [1.29, 1.82) is 5.26 Å². The molecule has 0 saturated carbocycles. The molecule has 7 nitrogen and oxygen atoms in total. The molecule has 25 heavy (non-hydrogen) atoms. The fraction of sp³-hybridized carbons (Fsp3) is 0.235. The summed E-state index contributed by atoms with van der Waals surface area (Å²) in [5.41, 5.74) is 2.27. The average molecular weight is 355 g/mol. The lowest BCUT2D eigenvalue weighted by Gasteiger charge is -2.08. The fourth-order valence-electron chi connectivity index (χ4n) is 2.09. The molecule has 0 aliphatic carbocycles. The molecule has 1 aromatic heterocycles. The Hall–Kier alpha value is -2.92. The van der Waals surface area contributed by atoms with Crippen LogP contribution in [0.2, 0.25) is 0 Å². The number of rotatable bonds is 5. The van der Waals surface area contributed by atoms with Gasteiger partial charge in [-0.1, -0.05) is 11.8 Å². The van der Waals surface area contributed by atoms with E-state index in [0.29, 0.717) is 33.5 Å². The third-order valence-corrected chi connectivity index (χ3v) is 4.08. The smallest absolute Gasteiger partial charge is 0.234 e. The second kappa shape index (κ2) is 8.26. The molecule has 2 rings (SSSR count). The average Bonchev–Trinajstić information content (AvgIpc) is 2.54. The number of anilines is 2. The highest BCUT2D eigenvalue weighted by molar-refractivity contribution is 8.00. The number of nitrogens with one attached hydrogen (secondary N) is 2. The predicted molar refractivity (Wildman–Crippen MR) is 96.3 cm³/mol. The van der Waals surface area contributed by atoms with Crippen molar-refractivity contribution in [2.75, 3.05) is 16.4 Å². The fourth-order valence-corrected chi connectivity index (χ4v) is 2.96. The first-order valence-electron chi connectivity index (χ1n) is 7.44. The minimum absolute atomic E-state index is 0.123. The van der Waals surface area contributed by atoms with Crippen LogP contribution in [0.4, 0.5) is 11.4 Å². The quantitative estimate of drug-likeness (QED) is 0.630. The molecule has 0 atom stereocenters. The summed E-state index contributed by atoms with van der Waals surface area (Å²) in [4.78, 5) is 31.5. The van der Waals surface area contributed by atoms with Crippen molar-refractivity contribution in [3.8, 4) is 6.07 Å². The van der Waals surface area contributed by atoms with Gasteiger partial charge in [0.25, 0.3) is 0 Å². The van der Waals surface area contributed by atoms with Crippen LogP contribution >= 0.6 is 11.8 Å². The highest BCUT2D eigenvalue weighted by Crippen LogP contribution is 2.22. The standard InChI is InChI=1S/C17H17N5O2S/c1-10-15(8-18)17(20-11(2)19-10)25-9-16(24)22-14-6-4-13(5-7-14)21-12(3)23/h4-7H,9H2,1-3H3,(H,21,23)(H,22,24). The summed E-state index contributed by atoms with van der Waals surface area (Å²) in [6.45, 7) is 4.92. The maximum atomic E-state index is 12.1. The van der Waals surface area contributed by atoms with Gasteiger partial charge in [0.2, 0.25) is 11.8 Å². The van der Waals surface area contributed by atoms with E-state index in [1.54, 1.807) is 38.1 Å². The third-order valence-electron chi connectivity index (χ3n) is 3.11. The number of aromatic nitrogens is 2. The van der Waals surface area contributed by atoms with Crippen molar-refractivity contribution in [3.63, 3.8) is 0 Å². The number of amides is 2. The number of hydrogen-bond acceptors (Lipinski definition) is 6. The summed E-state index contributed by atoms with van der Waals surface area (Å²) in [5.74, 6) is 0.317. The number of aryl methyl sites for hydroxylation is 2. The third kappa shape index (κ3) is 5.29. The van der Waals surface area contributed by atoms with E-state index in [4.69, 9.17) is 0 Å². The lowest BCUT2D eigenvalue weighted by molar-refractivity contribution is -0.114. The van der Waals surface area contributed by atoms with Crippen molar-refractivity contribution in [2.24, 2.45) is 0 Å². The maximum Gasteiger partial charge on any atom is 0.234 e. The zero-order chi connectivity index (χ0) is 18.4. The Labute approximate surface area is 149 Å². The molecule has 0 bridgehead atoms. The molecule has 0 aliphatic heterocycles. The van der Waals surface area contributed by atoms with Gasteiger partial charge in [-0.3, -0.25) is 9.59 Å². The van der Waals surface area contributed by atoms with Gasteiger partial charge in [-0.15, -0.1) is 0 Å². The molecule has 0 unspecified atom stereocenters. The van der Waals surface area contributed by atoms with Crippen molar-refractivity contribution in [1.82, 2.24) is 9.97 Å². The highest BCUT2D eigenvalue weighted by Gasteiger charge is 2.12. The molecule has 1 aromatic carbocycles. The molecule has 1 heterocycles. The van der Waals surface area contributed by atoms with Gasteiger partial charge in [-0.2, -0.15) is 5.26 Å². The van der Waals surface area contributed by atoms with Gasteiger partial charge in [0.15, 0.2) is 0 Å². The lowest BCUT2D eigenvalue weighted by Crippen LogP contribution is -2.14. The van der Waals surface area contributed by atoms with Gasteiger partial charge < -0.3 is 10.6 Å². The zero-order valence-electron chi connectivity index (χ0n) is 14.1. The van der Waals surface area contributed by atoms with Crippen LogP contribution < -0.4 is 10.6 Å². The predicted octanol–water partition coefficient (Wildman–Crippen LogP) is 2.65. The van der Waals surface area contributed by atoms with Crippen LogP contribution in [-0.4, -0.2) is 27.5 Å². The van der Waals surface area contributed by atoms with Gasteiger partial charge in [0.05, 0.1) is 11.4 Å². The van der Waals surface area contributed by atoms with E-state index < -0.39 is 0 Å². The first kappa shape index (κ1) is 18.4. The van der Waals surface area contributed by atoms with Crippen molar-refractivity contribution in [2.45, 2.75) is 25.8 Å². The van der Waals surface area contributed by atoms with Gasteiger partial charge in [-0.25, -0.2) is 9.97 Å². The minimum Gasteiger partial charge on any atom is -0.326 e. The van der Waals surface area contributed by atoms with Gasteiger partial charge >= 0.3 is 0 Å². The van der Waals surface area contributed by atoms with Crippen molar-refractivity contribution in [3.05, 3.63) is 41.3 Å². The molecule has 0 radical (unpaired) electrons. The van der Waals surface area contributed by atoms with E-state index in [9.17, 15) is 14.9 Å². The van der Waals surface area contributed by atoms with Crippen molar-refractivity contribution >= 4 is 35.0 Å². The number of hydrogen-bond donors (Lipinski definition) is 2. The second-order valence-corrected chi connectivity index (χ2v) is 6.21. The summed E-state index contributed by atoms with van der Waals surface area (Å²) in [5, 5.41) is 15.1. The Kier molecular flexibility index (Phi) is 6.08. The highest BCUT2D eigenvalue weighted by atomic mass is 32.2.